The topological polar surface area (TPSA) is 47.7 Å². The van der Waals surface area contributed by atoms with Crippen molar-refractivity contribution in [3.63, 3.8) is 0 Å². The van der Waals surface area contributed by atoms with Crippen LogP contribution in [0.5, 0.6) is 0 Å². The Morgan fingerprint density at radius 2 is 2.17 bits per heavy atom. The van der Waals surface area contributed by atoms with Gasteiger partial charge in [0.1, 0.15) is 0 Å². The molecule has 2 aromatic heterocycles. The number of rotatable bonds is 5. The van der Waals surface area contributed by atoms with Crippen LogP contribution in [-0.2, 0) is 20.1 Å². The quantitative estimate of drug-likeness (QED) is 0.870. The molecule has 0 amide bonds. The van der Waals surface area contributed by atoms with E-state index in [1.54, 1.807) is 0 Å². The third-order valence-corrected chi connectivity index (χ3v) is 2.99. The van der Waals surface area contributed by atoms with Crippen molar-refractivity contribution in [1.82, 2.24) is 24.9 Å². The molecule has 0 unspecified atom stereocenters. The summed E-state index contributed by atoms with van der Waals surface area (Å²) in [5, 5.41) is 12.2. The minimum atomic E-state index is 0.489. The Balaban J connectivity index is 2.06. The van der Waals surface area contributed by atoms with E-state index in [-0.39, 0.29) is 0 Å². The van der Waals surface area contributed by atoms with Crippen molar-refractivity contribution in [2.24, 2.45) is 7.05 Å². The van der Waals surface area contributed by atoms with Crippen LogP contribution in [0.25, 0.3) is 0 Å². The third-order valence-electron chi connectivity index (χ3n) is 2.99. The molecule has 5 heteroatoms. The van der Waals surface area contributed by atoms with Gasteiger partial charge < -0.3 is 5.32 Å². The number of hydrogen-bond donors (Lipinski definition) is 1. The minimum absolute atomic E-state index is 0.489. The second kappa shape index (κ2) is 5.35. The van der Waals surface area contributed by atoms with Crippen LogP contribution in [0.15, 0.2) is 18.5 Å². The van der Waals surface area contributed by atoms with Gasteiger partial charge in [-0.05, 0) is 13.0 Å². The summed E-state index contributed by atoms with van der Waals surface area (Å²) >= 11 is 0. The lowest BCUT2D eigenvalue weighted by atomic mass is 10.2. The maximum Gasteiger partial charge on any atom is 0.0852 e. The molecule has 0 saturated heterocycles. The zero-order valence-electron chi connectivity index (χ0n) is 11.5. The summed E-state index contributed by atoms with van der Waals surface area (Å²) in [5.41, 5.74) is 3.49. The molecule has 18 heavy (non-hydrogen) atoms. The van der Waals surface area contributed by atoms with Gasteiger partial charge in [0.15, 0.2) is 0 Å². The van der Waals surface area contributed by atoms with Crippen molar-refractivity contribution in [3.05, 3.63) is 35.4 Å². The Hall–Kier alpha value is -1.62. The van der Waals surface area contributed by atoms with E-state index in [0.717, 1.165) is 18.8 Å². The largest absolute Gasteiger partial charge is 0.310 e. The van der Waals surface area contributed by atoms with E-state index >= 15 is 0 Å². The monoisotopic (exact) mass is 247 g/mol. The average molecular weight is 247 g/mol. The zero-order chi connectivity index (χ0) is 13.1. The number of aryl methyl sites for hydroxylation is 1. The molecule has 0 aliphatic heterocycles. The van der Waals surface area contributed by atoms with Crippen LogP contribution in [0.4, 0.5) is 0 Å². The van der Waals surface area contributed by atoms with E-state index in [4.69, 9.17) is 0 Å². The highest BCUT2D eigenvalue weighted by molar-refractivity contribution is 5.17. The Morgan fingerprint density at radius 3 is 2.78 bits per heavy atom. The Labute approximate surface area is 108 Å². The molecule has 1 N–H and O–H groups in total. The molecule has 0 atom stereocenters. The molecule has 2 heterocycles. The Morgan fingerprint density at radius 1 is 1.39 bits per heavy atom. The smallest absolute Gasteiger partial charge is 0.0852 e. The molecule has 0 fully saturated rings. The van der Waals surface area contributed by atoms with Gasteiger partial charge in [-0.25, -0.2) is 0 Å². The van der Waals surface area contributed by atoms with E-state index in [0.29, 0.717) is 6.04 Å². The fourth-order valence-corrected chi connectivity index (χ4v) is 1.83. The normalized spacial score (nSPS) is 11.4. The predicted molar refractivity (Wildman–Crippen MR) is 71.2 cm³/mol. The summed E-state index contributed by atoms with van der Waals surface area (Å²) < 4.78 is 3.81. The number of aromatic nitrogens is 4. The van der Waals surface area contributed by atoms with Gasteiger partial charge >= 0.3 is 0 Å². The minimum Gasteiger partial charge on any atom is -0.310 e. The lowest BCUT2D eigenvalue weighted by Gasteiger charge is -2.08. The summed E-state index contributed by atoms with van der Waals surface area (Å²) in [7, 11) is 1.93. The SMILES string of the molecule is Cc1c(CNC(C)C)cnn1Cc1ccn(C)n1. The van der Waals surface area contributed by atoms with Gasteiger partial charge in [0, 0.05) is 37.1 Å². The first kappa shape index (κ1) is 12.8. The molecule has 5 nitrogen and oxygen atoms in total. The standard InChI is InChI=1S/C13H21N5/c1-10(2)14-7-12-8-15-18(11(12)3)9-13-5-6-17(4)16-13/h5-6,8,10,14H,7,9H2,1-4H3. The molecule has 0 bridgehead atoms. The molecule has 2 rings (SSSR count). The molecule has 0 spiro atoms. The van der Waals surface area contributed by atoms with Crippen molar-refractivity contribution >= 4 is 0 Å². The maximum absolute atomic E-state index is 4.43. The number of nitrogens with zero attached hydrogens (tertiary/aromatic N) is 4. The van der Waals surface area contributed by atoms with E-state index in [9.17, 15) is 0 Å². The molecule has 0 aromatic carbocycles. The van der Waals surface area contributed by atoms with E-state index < -0.39 is 0 Å². The summed E-state index contributed by atoms with van der Waals surface area (Å²) in [6, 6.07) is 2.51. The van der Waals surface area contributed by atoms with Gasteiger partial charge in [0.25, 0.3) is 0 Å². The molecule has 0 aliphatic carbocycles. The van der Waals surface area contributed by atoms with Crippen molar-refractivity contribution in [2.45, 2.75) is 39.9 Å². The van der Waals surface area contributed by atoms with Crippen LogP contribution in [-0.4, -0.2) is 25.6 Å². The van der Waals surface area contributed by atoms with Crippen molar-refractivity contribution < 1.29 is 0 Å². The molecular weight excluding hydrogens is 226 g/mol. The van der Waals surface area contributed by atoms with Crippen molar-refractivity contribution in [3.8, 4) is 0 Å². The number of hydrogen-bond acceptors (Lipinski definition) is 3. The van der Waals surface area contributed by atoms with Crippen LogP contribution in [0.1, 0.15) is 30.8 Å². The van der Waals surface area contributed by atoms with Crippen molar-refractivity contribution in [1.29, 1.82) is 0 Å². The van der Waals surface area contributed by atoms with Gasteiger partial charge in [-0.1, -0.05) is 13.8 Å². The first-order valence-electron chi connectivity index (χ1n) is 6.29. The first-order chi connectivity index (χ1) is 8.56. The number of nitrogens with one attached hydrogen (secondary N) is 1. The van der Waals surface area contributed by atoms with Crippen LogP contribution in [0, 0.1) is 6.92 Å². The molecule has 98 valence electrons. The molecule has 2 aromatic rings. The second-order valence-electron chi connectivity index (χ2n) is 4.93. The van der Waals surface area contributed by atoms with Gasteiger partial charge in [-0.15, -0.1) is 0 Å². The van der Waals surface area contributed by atoms with Crippen LogP contribution < -0.4 is 5.32 Å². The molecule has 0 aliphatic rings. The third kappa shape index (κ3) is 2.98. The molecular formula is C13H21N5. The maximum atomic E-state index is 4.43. The lowest BCUT2D eigenvalue weighted by Crippen LogP contribution is -2.22. The van der Waals surface area contributed by atoms with E-state index in [1.165, 1.54) is 11.3 Å². The first-order valence-corrected chi connectivity index (χ1v) is 6.29. The summed E-state index contributed by atoms with van der Waals surface area (Å²) in [6.07, 6.45) is 3.89. The fourth-order valence-electron chi connectivity index (χ4n) is 1.83. The van der Waals surface area contributed by atoms with E-state index in [1.807, 2.05) is 34.9 Å². The zero-order valence-corrected chi connectivity index (χ0v) is 11.5. The second-order valence-corrected chi connectivity index (χ2v) is 4.93. The van der Waals surface area contributed by atoms with Gasteiger partial charge in [0.05, 0.1) is 18.4 Å². The van der Waals surface area contributed by atoms with Gasteiger partial charge in [-0.2, -0.15) is 10.2 Å². The van der Waals surface area contributed by atoms with Crippen LogP contribution >= 0.6 is 0 Å². The molecule has 0 radical (unpaired) electrons. The van der Waals surface area contributed by atoms with Gasteiger partial charge in [0.2, 0.25) is 0 Å². The van der Waals surface area contributed by atoms with Crippen molar-refractivity contribution in [2.75, 3.05) is 0 Å². The summed E-state index contributed by atoms with van der Waals surface area (Å²) in [5.74, 6) is 0. The van der Waals surface area contributed by atoms with E-state index in [2.05, 4.69) is 36.3 Å². The molecule has 0 saturated carbocycles. The average Bonchev–Trinajstić information content (AvgIpc) is 2.86. The summed E-state index contributed by atoms with van der Waals surface area (Å²) in [4.78, 5) is 0. The Bertz CT molecular complexity index is 509. The highest BCUT2D eigenvalue weighted by Gasteiger charge is 2.08. The Kier molecular flexibility index (Phi) is 3.81. The highest BCUT2D eigenvalue weighted by atomic mass is 15.3. The fraction of sp³-hybridized carbons (Fsp3) is 0.538. The predicted octanol–water partition coefficient (Wildman–Crippen LogP) is 1.47. The van der Waals surface area contributed by atoms with Gasteiger partial charge in [-0.3, -0.25) is 9.36 Å². The van der Waals surface area contributed by atoms with Crippen LogP contribution in [0.3, 0.4) is 0 Å². The highest BCUT2D eigenvalue weighted by Crippen LogP contribution is 2.09. The summed E-state index contributed by atoms with van der Waals surface area (Å²) in [6.45, 7) is 7.99. The van der Waals surface area contributed by atoms with Crippen LogP contribution in [0.2, 0.25) is 0 Å². The lowest BCUT2D eigenvalue weighted by molar-refractivity contribution is 0.584.